The quantitative estimate of drug-likeness (QED) is 0.777. The van der Waals surface area contributed by atoms with Crippen LogP contribution in [-0.2, 0) is 17.8 Å². The predicted octanol–water partition coefficient (Wildman–Crippen LogP) is 3.30. The monoisotopic (exact) mass is 336 g/mol. The molecule has 1 aromatic carbocycles. The van der Waals surface area contributed by atoms with E-state index in [1.165, 1.54) is 10.9 Å². The first kappa shape index (κ1) is 15.9. The first-order chi connectivity index (χ1) is 12.2. The van der Waals surface area contributed by atoms with Crippen LogP contribution in [0.15, 0.2) is 42.9 Å². The van der Waals surface area contributed by atoms with Gasteiger partial charge >= 0.3 is 0 Å². The molecule has 1 amide bonds. The summed E-state index contributed by atoms with van der Waals surface area (Å²) in [5.41, 5.74) is 3.52. The van der Waals surface area contributed by atoms with Crippen molar-refractivity contribution in [2.24, 2.45) is 0 Å². The van der Waals surface area contributed by atoms with E-state index in [1.807, 2.05) is 42.3 Å². The highest BCUT2D eigenvalue weighted by atomic mass is 16.2. The zero-order valence-corrected chi connectivity index (χ0v) is 14.6. The topological polar surface area (TPSA) is 53.9 Å². The van der Waals surface area contributed by atoms with E-state index in [1.54, 1.807) is 0 Å². The first-order valence-electron chi connectivity index (χ1n) is 9.04. The van der Waals surface area contributed by atoms with Crippen LogP contribution in [0, 0.1) is 6.92 Å². The van der Waals surface area contributed by atoms with Crippen molar-refractivity contribution in [3.8, 4) is 0 Å². The Balaban J connectivity index is 1.39. The number of H-pyrrole nitrogens is 1. The summed E-state index contributed by atoms with van der Waals surface area (Å²) in [7, 11) is 0. The summed E-state index contributed by atoms with van der Waals surface area (Å²) in [4.78, 5) is 18.1. The number of nitrogens with one attached hydrogen (secondary N) is 1. The average Bonchev–Trinajstić information content (AvgIpc) is 3.33. The van der Waals surface area contributed by atoms with Gasteiger partial charge in [-0.1, -0.05) is 18.2 Å². The van der Waals surface area contributed by atoms with Crippen LogP contribution >= 0.6 is 0 Å². The van der Waals surface area contributed by atoms with Gasteiger partial charge in [-0.25, -0.2) is 0 Å². The molecule has 3 heterocycles. The van der Waals surface area contributed by atoms with E-state index in [4.69, 9.17) is 0 Å². The molecule has 1 fully saturated rings. The minimum absolute atomic E-state index is 0.261. The molecule has 1 atom stereocenters. The highest BCUT2D eigenvalue weighted by molar-refractivity contribution is 5.84. The minimum atomic E-state index is 0.261. The summed E-state index contributed by atoms with van der Waals surface area (Å²) in [6.45, 7) is 3.71. The van der Waals surface area contributed by atoms with Crippen molar-refractivity contribution in [3.63, 3.8) is 0 Å². The van der Waals surface area contributed by atoms with Gasteiger partial charge in [-0.2, -0.15) is 5.10 Å². The molecule has 4 rings (SSSR count). The number of aromatic nitrogens is 3. The van der Waals surface area contributed by atoms with Gasteiger partial charge in [-0.05, 0) is 43.4 Å². The van der Waals surface area contributed by atoms with Gasteiger partial charge in [-0.3, -0.25) is 9.48 Å². The second-order valence-corrected chi connectivity index (χ2v) is 6.98. The molecule has 0 radical (unpaired) electrons. The largest absolute Gasteiger partial charge is 0.361 e. The van der Waals surface area contributed by atoms with E-state index < -0.39 is 0 Å². The number of aryl methyl sites for hydroxylation is 2. The third-order valence-corrected chi connectivity index (χ3v) is 5.14. The third kappa shape index (κ3) is 3.31. The van der Waals surface area contributed by atoms with Crippen molar-refractivity contribution < 1.29 is 4.79 Å². The highest BCUT2D eigenvalue weighted by Crippen LogP contribution is 2.23. The number of para-hydroxylation sites is 1. The molecule has 0 saturated carbocycles. The van der Waals surface area contributed by atoms with Crippen molar-refractivity contribution in [1.82, 2.24) is 19.7 Å². The Labute approximate surface area is 147 Å². The fourth-order valence-corrected chi connectivity index (χ4v) is 3.86. The fourth-order valence-electron chi connectivity index (χ4n) is 3.86. The molecule has 1 N–H and O–H groups in total. The second-order valence-electron chi connectivity index (χ2n) is 6.98. The molecule has 1 aliphatic heterocycles. The number of hydrogen-bond acceptors (Lipinski definition) is 2. The van der Waals surface area contributed by atoms with E-state index in [9.17, 15) is 4.79 Å². The molecular weight excluding hydrogens is 312 g/mol. The van der Waals surface area contributed by atoms with Crippen LogP contribution in [0.3, 0.4) is 0 Å². The predicted molar refractivity (Wildman–Crippen MR) is 98.3 cm³/mol. The molecule has 0 bridgehead atoms. The number of amides is 1. The lowest BCUT2D eigenvalue weighted by atomic mass is 10.1. The molecule has 2 aromatic heterocycles. The number of carbonyl (C=O) groups is 1. The van der Waals surface area contributed by atoms with Gasteiger partial charge in [0.2, 0.25) is 5.91 Å². The molecule has 25 heavy (non-hydrogen) atoms. The van der Waals surface area contributed by atoms with E-state index in [0.717, 1.165) is 43.4 Å². The molecule has 0 spiro atoms. The summed E-state index contributed by atoms with van der Waals surface area (Å²) in [6.07, 6.45) is 9.46. The summed E-state index contributed by atoms with van der Waals surface area (Å²) >= 11 is 0. The van der Waals surface area contributed by atoms with Gasteiger partial charge in [-0.15, -0.1) is 0 Å². The SMILES string of the molecule is Cc1cnn(CC2CCCN2C(=O)CCc2c[nH]c3ccccc23)c1. The van der Waals surface area contributed by atoms with Gasteiger partial charge in [0.25, 0.3) is 0 Å². The Morgan fingerprint density at radius 2 is 2.24 bits per heavy atom. The zero-order valence-electron chi connectivity index (χ0n) is 14.6. The smallest absolute Gasteiger partial charge is 0.223 e. The van der Waals surface area contributed by atoms with Crippen LogP contribution < -0.4 is 0 Å². The summed E-state index contributed by atoms with van der Waals surface area (Å²) in [5, 5.41) is 5.59. The lowest BCUT2D eigenvalue weighted by molar-refractivity contribution is -0.132. The minimum Gasteiger partial charge on any atom is -0.361 e. The standard InChI is InChI=1S/C20H24N4O/c1-15-11-22-23(13-15)14-17-5-4-10-24(17)20(25)9-8-16-12-21-19-7-3-2-6-18(16)19/h2-3,6-7,11-13,17,21H,4-5,8-10,14H2,1H3. The number of nitrogens with zero attached hydrogens (tertiary/aromatic N) is 3. The fraction of sp³-hybridized carbons (Fsp3) is 0.400. The summed E-state index contributed by atoms with van der Waals surface area (Å²) < 4.78 is 1.96. The lowest BCUT2D eigenvalue weighted by Crippen LogP contribution is -2.38. The summed E-state index contributed by atoms with van der Waals surface area (Å²) in [6, 6.07) is 8.53. The van der Waals surface area contributed by atoms with Crippen LogP contribution in [0.25, 0.3) is 10.9 Å². The van der Waals surface area contributed by atoms with Crippen LogP contribution in [0.1, 0.15) is 30.4 Å². The van der Waals surface area contributed by atoms with Crippen LogP contribution in [-0.4, -0.2) is 38.2 Å². The molecule has 1 saturated heterocycles. The summed E-state index contributed by atoms with van der Waals surface area (Å²) in [5.74, 6) is 0.261. The number of likely N-dealkylation sites (tertiary alicyclic amines) is 1. The Hall–Kier alpha value is -2.56. The van der Waals surface area contributed by atoms with Crippen LogP contribution in [0.2, 0.25) is 0 Å². The maximum absolute atomic E-state index is 12.8. The zero-order chi connectivity index (χ0) is 17.2. The number of hydrogen-bond donors (Lipinski definition) is 1. The number of carbonyl (C=O) groups excluding carboxylic acids is 1. The highest BCUT2D eigenvalue weighted by Gasteiger charge is 2.28. The van der Waals surface area contributed by atoms with Gasteiger partial charge in [0.1, 0.15) is 0 Å². The van der Waals surface area contributed by atoms with Gasteiger partial charge in [0.15, 0.2) is 0 Å². The Morgan fingerprint density at radius 3 is 3.08 bits per heavy atom. The van der Waals surface area contributed by atoms with Crippen LogP contribution in [0.5, 0.6) is 0 Å². The molecular formula is C20H24N4O. The van der Waals surface area contributed by atoms with Crippen molar-refractivity contribution in [2.45, 2.75) is 45.2 Å². The molecule has 0 aliphatic carbocycles. The average molecular weight is 336 g/mol. The molecule has 1 unspecified atom stereocenters. The molecule has 130 valence electrons. The van der Waals surface area contributed by atoms with E-state index >= 15 is 0 Å². The van der Waals surface area contributed by atoms with Crippen molar-refractivity contribution in [1.29, 1.82) is 0 Å². The molecule has 5 nitrogen and oxygen atoms in total. The molecule has 1 aliphatic rings. The number of rotatable bonds is 5. The maximum Gasteiger partial charge on any atom is 0.223 e. The van der Waals surface area contributed by atoms with Gasteiger partial charge in [0, 0.05) is 36.3 Å². The second kappa shape index (κ2) is 6.75. The van der Waals surface area contributed by atoms with Gasteiger partial charge < -0.3 is 9.88 Å². The molecule has 5 heteroatoms. The maximum atomic E-state index is 12.8. The number of fused-ring (bicyclic) bond motifs is 1. The Kier molecular flexibility index (Phi) is 4.30. The van der Waals surface area contributed by atoms with E-state index in [-0.39, 0.29) is 11.9 Å². The van der Waals surface area contributed by atoms with Crippen molar-refractivity contribution in [2.75, 3.05) is 6.54 Å². The third-order valence-electron chi connectivity index (χ3n) is 5.14. The van der Waals surface area contributed by atoms with E-state index in [0.29, 0.717) is 6.42 Å². The van der Waals surface area contributed by atoms with Crippen molar-refractivity contribution in [3.05, 3.63) is 54.0 Å². The van der Waals surface area contributed by atoms with Crippen LogP contribution in [0.4, 0.5) is 0 Å². The van der Waals surface area contributed by atoms with Gasteiger partial charge in [0.05, 0.1) is 18.8 Å². The van der Waals surface area contributed by atoms with E-state index in [2.05, 4.69) is 27.1 Å². The van der Waals surface area contributed by atoms with Crippen molar-refractivity contribution >= 4 is 16.8 Å². The normalized spacial score (nSPS) is 17.5. The lowest BCUT2D eigenvalue weighted by Gasteiger charge is -2.24. The Bertz CT molecular complexity index is 879. The molecule has 3 aromatic rings. The number of benzene rings is 1. The first-order valence-corrected chi connectivity index (χ1v) is 9.04. The number of aromatic amines is 1. The Morgan fingerprint density at radius 1 is 1.36 bits per heavy atom.